The number of rotatable bonds is 2. The summed E-state index contributed by atoms with van der Waals surface area (Å²) in [7, 11) is 1.70. The van der Waals surface area contributed by atoms with E-state index in [2.05, 4.69) is 0 Å². The van der Waals surface area contributed by atoms with Crippen LogP contribution in [0.5, 0.6) is 0 Å². The summed E-state index contributed by atoms with van der Waals surface area (Å²) >= 11 is 0. The van der Waals surface area contributed by atoms with E-state index in [1.54, 1.807) is 12.0 Å². The van der Waals surface area contributed by atoms with Crippen LogP contribution >= 0.6 is 0 Å². The molecule has 0 fully saturated rings. The predicted molar refractivity (Wildman–Crippen MR) is 65.2 cm³/mol. The van der Waals surface area contributed by atoms with Gasteiger partial charge in [0.15, 0.2) is 0 Å². The molecule has 1 heterocycles. The van der Waals surface area contributed by atoms with Crippen LogP contribution in [0.1, 0.15) is 25.0 Å². The van der Waals surface area contributed by atoms with E-state index in [0.29, 0.717) is 13.2 Å². The van der Waals surface area contributed by atoms with Gasteiger partial charge in [0.05, 0.1) is 18.4 Å². The lowest BCUT2D eigenvalue weighted by atomic mass is 9.99. The first-order chi connectivity index (χ1) is 8.27. The highest BCUT2D eigenvalue weighted by molar-refractivity contribution is 5.89. The van der Waals surface area contributed by atoms with Crippen molar-refractivity contribution in [3.63, 3.8) is 0 Å². The molecule has 92 valence electrons. The molecule has 0 saturated carbocycles. The predicted octanol–water partition coefficient (Wildman–Crippen LogP) is 2.74. The van der Waals surface area contributed by atoms with Crippen LogP contribution in [0, 0.1) is 0 Å². The van der Waals surface area contributed by atoms with Gasteiger partial charge in [-0.25, -0.2) is 4.79 Å². The molecule has 0 aromatic heterocycles. The third-order valence-corrected chi connectivity index (χ3v) is 2.96. The normalized spacial score (nSPS) is 18.7. The van der Waals surface area contributed by atoms with E-state index in [1.807, 2.05) is 31.2 Å². The molecule has 0 aliphatic carbocycles. The van der Waals surface area contributed by atoms with Crippen molar-refractivity contribution in [2.24, 2.45) is 0 Å². The van der Waals surface area contributed by atoms with Gasteiger partial charge in [-0.15, -0.1) is 0 Å². The zero-order valence-corrected chi connectivity index (χ0v) is 10.2. The number of benzene rings is 1. The van der Waals surface area contributed by atoms with Gasteiger partial charge in [0, 0.05) is 19.2 Å². The first-order valence-corrected chi connectivity index (χ1v) is 5.84. The minimum atomic E-state index is -0.283. The summed E-state index contributed by atoms with van der Waals surface area (Å²) in [6.07, 6.45) is 0.582. The summed E-state index contributed by atoms with van der Waals surface area (Å²) in [6.45, 7) is 2.84. The van der Waals surface area contributed by atoms with Gasteiger partial charge in [0.2, 0.25) is 0 Å². The largest absolute Gasteiger partial charge is 0.449 e. The Labute approximate surface area is 101 Å². The molecule has 2 rings (SSSR count). The number of nitrogens with zero attached hydrogens (tertiary/aromatic N) is 1. The fraction of sp³-hybridized carbons (Fsp3) is 0.462. The number of amides is 1. The Kier molecular flexibility index (Phi) is 3.64. The number of carbonyl (C=O) groups is 1. The van der Waals surface area contributed by atoms with Crippen LogP contribution in [-0.2, 0) is 9.47 Å². The Bertz CT molecular complexity index is 405. The van der Waals surface area contributed by atoms with E-state index < -0.39 is 0 Å². The summed E-state index contributed by atoms with van der Waals surface area (Å²) in [5, 5.41) is 0. The quantitative estimate of drug-likeness (QED) is 0.791. The maximum atomic E-state index is 11.8. The zero-order chi connectivity index (χ0) is 12.3. The first-order valence-electron chi connectivity index (χ1n) is 5.84. The number of fused-ring (bicyclic) bond motifs is 1. The monoisotopic (exact) mass is 235 g/mol. The van der Waals surface area contributed by atoms with Crippen molar-refractivity contribution >= 4 is 11.8 Å². The lowest BCUT2D eigenvalue weighted by Gasteiger charge is -2.32. The highest BCUT2D eigenvalue weighted by Gasteiger charge is 2.28. The number of hydrogen-bond acceptors (Lipinski definition) is 3. The van der Waals surface area contributed by atoms with Gasteiger partial charge in [-0.2, -0.15) is 0 Å². The van der Waals surface area contributed by atoms with Crippen molar-refractivity contribution in [1.29, 1.82) is 0 Å². The summed E-state index contributed by atoms with van der Waals surface area (Å²) in [6, 6.07) is 7.80. The number of hydrogen-bond donors (Lipinski definition) is 0. The smallest absolute Gasteiger partial charge is 0.414 e. The van der Waals surface area contributed by atoms with Crippen LogP contribution in [-0.4, -0.2) is 26.4 Å². The molecule has 1 atom stereocenters. The molecule has 1 aliphatic rings. The van der Waals surface area contributed by atoms with Gasteiger partial charge in [-0.3, -0.25) is 4.90 Å². The minimum absolute atomic E-state index is 0.0666. The van der Waals surface area contributed by atoms with E-state index in [9.17, 15) is 4.79 Å². The average Bonchev–Trinajstić information content (AvgIpc) is 2.37. The SMILES string of the molecule is CCOC(=O)N1CCC(OC)c2ccccc21. The number of ether oxygens (including phenoxy) is 2. The van der Waals surface area contributed by atoms with Gasteiger partial charge >= 0.3 is 6.09 Å². The van der Waals surface area contributed by atoms with Gasteiger partial charge < -0.3 is 9.47 Å². The van der Waals surface area contributed by atoms with Crippen molar-refractivity contribution in [2.45, 2.75) is 19.4 Å². The van der Waals surface area contributed by atoms with Crippen LogP contribution in [0.4, 0.5) is 10.5 Å². The Morgan fingerprint density at radius 1 is 1.47 bits per heavy atom. The maximum Gasteiger partial charge on any atom is 0.414 e. The standard InChI is InChI=1S/C13H17NO3/c1-3-17-13(15)14-9-8-12(16-2)10-6-4-5-7-11(10)14/h4-7,12H,3,8-9H2,1-2H3. The molecule has 1 aromatic carbocycles. The fourth-order valence-electron chi connectivity index (χ4n) is 2.16. The van der Waals surface area contributed by atoms with Crippen molar-refractivity contribution in [1.82, 2.24) is 0 Å². The molecule has 4 heteroatoms. The number of anilines is 1. The second-order valence-corrected chi connectivity index (χ2v) is 3.92. The second kappa shape index (κ2) is 5.19. The molecule has 0 bridgehead atoms. The summed E-state index contributed by atoms with van der Waals surface area (Å²) in [5.41, 5.74) is 1.94. The van der Waals surface area contributed by atoms with Crippen molar-refractivity contribution in [2.75, 3.05) is 25.2 Å². The summed E-state index contributed by atoms with van der Waals surface area (Å²) in [5.74, 6) is 0. The summed E-state index contributed by atoms with van der Waals surface area (Å²) < 4.78 is 10.5. The molecule has 1 aliphatic heterocycles. The second-order valence-electron chi connectivity index (χ2n) is 3.92. The Morgan fingerprint density at radius 3 is 2.94 bits per heavy atom. The van der Waals surface area contributed by atoms with Crippen LogP contribution in [0.25, 0.3) is 0 Å². The van der Waals surface area contributed by atoms with E-state index in [1.165, 1.54) is 0 Å². The average molecular weight is 235 g/mol. The van der Waals surface area contributed by atoms with E-state index in [0.717, 1.165) is 17.7 Å². The molecule has 0 saturated heterocycles. The molecular formula is C13H17NO3. The van der Waals surface area contributed by atoms with Crippen LogP contribution in [0.3, 0.4) is 0 Å². The molecule has 0 spiro atoms. The molecule has 1 aromatic rings. The van der Waals surface area contributed by atoms with Gasteiger partial charge in [-0.05, 0) is 19.4 Å². The highest BCUT2D eigenvalue weighted by atomic mass is 16.6. The lowest BCUT2D eigenvalue weighted by molar-refractivity contribution is 0.0920. The minimum Gasteiger partial charge on any atom is -0.449 e. The Balaban J connectivity index is 2.31. The highest BCUT2D eigenvalue weighted by Crippen LogP contribution is 2.35. The number of carbonyl (C=O) groups excluding carboxylic acids is 1. The zero-order valence-electron chi connectivity index (χ0n) is 10.2. The molecule has 0 N–H and O–H groups in total. The van der Waals surface area contributed by atoms with Gasteiger partial charge in [0.25, 0.3) is 0 Å². The Morgan fingerprint density at radius 2 is 2.24 bits per heavy atom. The van der Waals surface area contributed by atoms with Gasteiger partial charge in [-0.1, -0.05) is 18.2 Å². The van der Waals surface area contributed by atoms with E-state index in [4.69, 9.17) is 9.47 Å². The topological polar surface area (TPSA) is 38.8 Å². The van der Waals surface area contributed by atoms with Crippen molar-refractivity contribution in [3.8, 4) is 0 Å². The van der Waals surface area contributed by atoms with Crippen molar-refractivity contribution in [3.05, 3.63) is 29.8 Å². The first kappa shape index (κ1) is 11.9. The third kappa shape index (κ3) is 2.26. The van der Waals surface area contributed by atoms with Crippen LogP contribution in [0.15, 0.2) is 24.3 Å². The molecule has 1 amide bonds. The van der Waals surface area contributed by atoms with Crippen LogP contribution < -0.4 is 4.90 Å². The maximum absolute atomic E-state index is 11.8. The molecule has 0 radical (unpaired) electrons. The molecule has 4 nitrogen and oxygen atoms in total. The molecule has 1 unspecified atom stereocenters. The third-order valence-electron chi connectivity index (χ3n) is 2.96. The molecule has 17 heavy (non-hydrogen) atoms. The van der Waals surface area contributed by atoms with Crippen molar-refractivity contribution < 1.29 is 14.3 Å². The van der Waals surface area contributed by atoms with E-state index in [-0.39, 0.29) is 12.2 Å². The molecular weight excluding hydrogens is 218 g/mol. The van der Waals surface area contributed by atoms with E-state index >= 15 is 0 Å². The Hall–Kier alpha value is -1.55. The lowest BCUT2D eigenvalue weighted by Crippen LogP contribution is -2.37. The van der Waals surface area contributed by atoms with Crippen LogP contribution in [0.2, 0.25) is 0 Å². The summed E-state index contributed by atoms with van der Waals surface area (Å²) in [4.78, 5) is 13.5. The number of para-hydroxylation sites is 1. The fourth-order valence-corrected chi connectivity index (χ4v) is 2.16. The van der Waals surface area contributed by atoms with Gasteiger partial charge in [0.1, 0.15) is 0 Å². The number of methoxy groups -OCH3 is 1.